The molecular formula is C21H15Br2N2O3+. The summed E-state index contributed by atoms with van der Waals surface area (Å²) >= 11 is 7.04. The molecule has 1 aliphatic carbocycles. The quantitative estimate of drug-likeness (QED) is 0.248. The van der Waals surface area contributed by atoms with Gasteiger partial charge in [0, 0.05) is 28.3 Å². The van der Waals surface area contributed by atoms with Crippen molar-refractivity contribution in [1.82, 2.24) is 0 Å². The lowest BCUT2D eigenvalue weighted by atomic mass is 9.90. The van der Waals surface area contributed by atoms with E-state index in [1.54, 1.807) is 24.3 Å². The van der Waals surface area contributed by atoms with Gasteiger partial charge in [0.2, 0.25) is 5.36 Å². The molecular weight excluding hydrogens is 488 g/mol. The van der Waals surface area contributed by atoms with Crippen LogP contribution < -0.4 is 16.5 Å². The summed E-state index contributed by atoms with van der Waals surface area (Å²) < 4.78 is 12.4. The van der Waals surface area contributed by atoms with Crippen molar-refractivity contribution >= 4 is 54.5 Å². The van der Waals surface area contributed by atoms with Gasteiger partial charge in [-0.3, -0.25) is 5.41 Å². The third-order valence-electron chi connectivity index (χ3n) is 4.60. The van der Waals surface area contributed by atoms with E-state index in [1.165, 1.54) is 7.11 Å². The highest BCUT2D eigenvalue weighted by molar-refractivity contribution is 9.11. The van der Waals surface area contributed by atoms with Crippen LogP contribution in [0, 0.1) is 0 Å². The molecule has 0 atom stereocenters. The Balaban J connectivity index is 2.25. The molecule has 0 bridgehead atoms. The number of hydrogen-bond acceptors (Lipinski definition) is 4. The molecule has 5 nitrogen and oxygen atoms in total. The zero-order valence-corrected chi connectivity index (χ0v) is 17.9. The molecule has 0 spiro atoms. The number of esters is 1. The van der Waals surface area contributed by atoms with E-state index in [1.807, 2.05) is 24.3 Å². The Hall–Kier alpha value is -2.64. The van der Waals surface area contributed by atoms with Crippen LogP contribution in [-0.2, 0) is 4.74 Å². The van der Waals surface area contributed by atoms with Gasteiger partial charge in [0.25, 0.3) is 0 Å². The average Bonchev–Trinajstić information content (AvgIpc) is 2.72. The topological polar surface area (TPSA) is 91.0 Å². The van der Waals surface area contributed by atoms with Crippen molar-refractivity contribution < 1.29 is 19.4 Å². The molecule has 0 unspecified atom stereocenters. The molecule has 2 aromatic rings. The summed E-state index contributed by atoms with van der Waals surface area (Å²) in [6.07, 6.45) is 0. The number of carbonyl (C=O) groups excluding carboxylic acids is 1. The number of ether oxygens (including phenoxy) is 1. The molecule has 4 N–H and O–H groups in total. The second kappa shape index (κ2) is 7.07. The maximum atomic E-state index is 12.4. The van der Waals surface area contributed by atoms with Crippen LogP contribution in [-0.4, -0.2) is 13.1 Å². The summed E-state index contributed by atoms with van der Waals surface area (Å²) in [6, 6.07) is 14.7. The second-order valence-corrected chi connectivity index (χ2v) is 7.79. The first kappa shape index (κ1) is 18.7. The summed E-state index contributed by atoms with van der Waals surface area (Å²) in [7, 11) is 1.37. The number of halogens is 2. The smallest absolute Gasteiger partial charge is 0.338 e. The third kappa shape index (κ3) is 2.82. The number of anilines is 1. The van der Waals surface area contributed by atoms with Crippen LogP contribution in [0.2, 0.25) is 0 Å². The summed E-state index contributed by atoms with van der Waals surface area (Å²) in [5.41, 5.74) is 10.0. The molecule has 0 fully saturated rings. The maximum Gasteiger partial charge on any atom is 0.338 e. The van der Waals surface area contributed by atoms with Gasteiger partial charge in [-0.2, -0.15) is 0 Å². The number of hydrogen-bond donors (Lipinski definition) is 2. The molecule has 0 amide bonds. The van der Waals surface area contributed by atoms with E-state index in [0.29, 0.717) is 36.9 Å². The zero-order valence-electron chi connectivity index (χ0n) is 14.8. The Labute approximate surface area is 177 Å². The lowest BCUT2D eigenvalue weighted by Gasteiger charge is -2.18. The van der Waals surface area contributed by atoms with Gasteiger partial charge in [0.15, 0.2) is 11.3 Å². The van der Waals surface area contributed by atoms with E-state index in [2.05, 4.69) is 31.9 Å². The van der Waals surface area contributed by atoms with Crippen LogP contribution in [0.15, 0.2) is 61.9 Å². The lowest BCUT2D eigenvalue weighted by Crippen LogP contribution is -2.45. The van der Waals surface area contributed by atoms with Crippen molar-refractivity contribution in [2.24, 2.45) is 0 Å². The SMILES string of the molecule is COC(=O)c1ccccc1-c1c2ccc(=[NH2+])c(Br)c-2oc2c(Br)c(N)ccc12. The van der Waals surface area contributed by atoms with Crippen molar-refractivity contribution in [2.75, 3.05) is 12.8 Å². The van der Waals surface area contributed by atoms with Gasteiger partial charge in [-0.25, -0.2) is 4.79 Å². The molecule has 140 valence electrons. The van der Waals surface area contributed by atoms with Crippen LogP contribution in [0.5, 0.6) is 0 Å². The van der Waals surface area contributed by atoms with Crippen molar-refractivity contribution in [3.63, 3.8) is 0 Å². The molecule has 2 aromatic carbocycles. The molecule has 0 saturated heterocycles. The van der Waals surface area contributed by atoms with Gasteiger partial charge in [0.05, 0.1) is 17.1 Å². The van der Waals surface area contributed by atoms with Gasteiger partial charge >= 0.3 is 5.97 Å². The van der Waals surface area contributed by atoms with Crippen LogP contribution in [0.3, 0.4) is 0 Å². The highest BCUT2D eigenvalue weighted by Crippen LogP contribution is 2.45. The van der Waals surface area contributed by atoms with Crippen LogP contribution >= 0.6 is 31.9 Å². The maximum absolute atomic E-state index is 12.4. The standard InChI is InChI=1S/C21H14Br2N2O3/c1-27-21(26)11-5-3-2-4-10(11)16-12-6-8-14(24)17(22)19(12)28-20-13(16)7-9-15(25)18(20)23/h2-9,24H,25H2,1H3/p+1. The van der Waals surface area contributed by atoms with Crippen molar-refractivity contribution in [1.29, 1.82) is 0 Å². The number of fused-ring (bicyclic) bond motifs is 2. The first-order valence-electron chi connectivity index (χ1n) is 8.33. The Morgan fingerprint density at radius 1 is 1.04 bits per heavy atom. The number of benzene rings is 3. The first-order chi connectivity index (χ1) is 13.4. The largest absolute Gasteiger partial charge is 0.465 e. The number of nitrogen functional groups attached to an aromatic ring is 1. The minimum atomic E-state index is -0.415. The van der Waals surface area contributed by atoms with Gasteiger partial charge in [-0.1, -0.05) is 18.2 Å². The molecule has 1 aliphatic heterocycles. The predicted molar refractivity (Wildman–Crippen MR) is 114 cm³/mol. The van der Waals surface area contributed by atoms with Crippen molar-refractivity contribution in [2.45, 2.75) is 0 Å². The molecule has 0 saturated carbocycles. The fourth-order valence-corrected chi connectivity index (χ4v) is 4.12. The molecule has 2 aliphatic rings. The van der Waals surface area contributed by atoms with Gasteiger partial charge < -0.3 is 14.9 Å². The highest BCUT2D eigenvalue weighted by Gasteiger charge is 2.25. The van der Waals surface area contributed by atoms with Crippen LogP contribution in [0.4, 0.5) is 5.69 Å². The Morgan fingerprint density at radius 3 is 2.54 bits per heavy atom. The lowest BCUT2D eigenvalue weighted by molar-refractivity contribution is -0.173. The fourth-order valence-electron chi connectivity index (χ4n) is 3.26. The number of rotatable bonds is 2. The Morgan fingerprint density at radius 2 is 1.79 bits per heavy atom. The monoisotopic (exact) mass is 501 g/mol. The van der Waals surface area contributed by atoms with E-state index in [-0.39, 0.29) is 0 Å². The molecule has 7 heteroatoms. The summed E-state index contributed by atoms with van der Waals surface area (Å²) in [5.74, 6) is 0.148. The average molecular weight is 503 g/mol. The van der Waals surface area contributed by atoms with E-state index in [0.717, 1.165) is 22.1 Å². The van der Waals surface area contributed by atoms with Crippen molar-refractivity contribution in [3.8, 4) is 22.5 Å². The molecule has 1 heterocycles. The van der Waals surface area contributed by atoms with E-state index in [4.69, 9.17) is 20.3 Å². The zero-order chi connectivity index (χ0) is 20.0. The third-order valence-corrected chi connectivity index (χ3v) is 6.23. The van der Waals surface area contributed by atoms with Crippen LogP contribution in [0.1, 0.15) is 10.4 Å². The minimum absolute atomic E-state index is 0.415. The fraction of sp³-hybridized carbons (Fsp3) is 0.0476. The van der Waals surface area contributed by atoms with Crippen LogP contribution in [0.25, 0.3) is 33.4 Å². The molecule has 0 radical (unpaired) electrons. The molecule has 0 aromatic heterocycles. The van der Waals surface area contributed by atoms with E-state index in [9.17, 15) is 4.79 Å². The first-order valence-corrected chi connectivity index (χ1v) is 9.91. The Kier molecular flexibility index (Phi) is 4.72. The summed E-state index contributed by atoms with van der Waals surface area (Å²) in [5, 5.41) is 7.42. The predicted octanol–water partition coefficient (Wildman–Crippen LogP) is 3.76. The normalized spacial score (nSPS) is 11.1. The second-order valence-electron chi connectivity index (χ2n) is 6.21. The van der Waals surface area contributed by atoms with E-state index < -0.39 is 5.97 Å². The highest BCUT2D eigenvalue weighted by atomic mass is 79.9. The van der Waals surface area contributed by atoms with Gasteiger partial charge in [0.1, 0.15) is 4.47 Å². The number of carbonyl (C=O) groups is 1. The van der Waals surface area contributed by atoms with Gasteiger partial charge in [-0.05, 0) is 61.7 Å². The Bertz CT molecular complexity index is 1280. The number of methoxy groups -OCH3 is 1. The molecule has 28 heavy (non-hydrogen) atoms. The summed E-state index contributed by atoms with van der Waals surface area (Å²) in [4.78, 5) is 12.4. The molecule has 4 rings (SSSR count). The van der Waals surface area contributed by atoms with Crippen molar-refractivity contribution in [3.05, 3.63) is 68.4 Å². The summed E-state index contributed by atoms with van der Waals surface area (Å²) in [6.45, 7) is 0. The number of nitrogens with two attached hydrogens (primary N) is 2. The van der Waals surface area contributed by atoms with E-state index >= 15 is 0 Å². The van der Waals surface area contributed by atoms with Gasteiger partial charge in [-0.15, -0.1) is 0 Å². The minimum Gasteiger partial charge on any atom is -0.465 e.